The summed E-state index contributed by atoms with van der Waals surface area (Å²) in [5, 5.41) is 6.93. The molecule has 1 aliphatic heterocycles. The Morgan fingerprint density at radius 2 is 1.73 bits per heavy atom. The number of carbonyl (C=O) groups is 1. The number of anilines is 1. The first-order chi connectivity index (χ1) is 12.3. The lowest BCUT2D eigenvalue weighted by molar-refractivity contribution is -0.118. The van der Waals surface area contributed by atoms with E-state index in [1.54, 1.807) is 25.1 Å². The zero-order chi connectivity index (χ0) is 19.0. The van der Waals surface area contributed by atoms with E-state index < -0.39 is 5.92 Å². The van der Waals surface area contributed by atoms with Crippen LogP contribution in [0.25, 0.3) is 0 Å². The van der Waals surface area contributed by atoms with Crippen LogP contribution in [0.1, 0.15) is 6.92 Å². The second-order valence-corrected chi connectivity index (χ2v) is 7.47. The lowest BCUT2D eigenvalue weighted by atomic mass is 10.1. The van der Waals surface area contributed by atoms with E-state index >= 15 is 0 Å². The molecule has 0 N–H and O–H groups in total. The van der Waals surface area contributed by atoms with Gasteiger partial charge in [-0.25, -0.2) is 0 Å². The fourth-order valence-electron chi connectivity index (χ4n) is 2.40. The molecule has 1 heterocycles. The van der Waals surface area contributed by atoms with Crippen molar-refractivity contribution in [2.45, 2.75) is 6.92 Å². The smallest absolute Gasteiger partial charge is 0.261 e. The van der Waals surface area contributed by atoms with E-state index in [1.807, 2.05) is 0 Å². The summed E-state index contributed by atoms with van der Waals surface area (Å²) >= 11 is 30.4. The molecule has 1 atom stereocenters. The predicted molar refractivity (Wildman–Crippen MR) is 110 cm³/mol. The first kappa shape index (κ1) is 19.5. The second-order valence-electron chi connectivity index (χ2n) is 5.44. The molecule has 0 saturated heterocycles. The standard InChI is InChI=1S/C17H10Cl5N3O/c1-8-10(7-23-14-4-2-3-11(19)15(14)22)17(26)25(24-8)16-12(20)5-9(18)6-13(16)21/h2-7,10H,1H3. The van der Waals surface area contributed by atoms with Gasteiger partial charge in [0.25, 0.3) is 5.91 Å². The molecule has 1 amide bonds. The maximum absolute atomic E-state index is 12.8. The van der Waals surface area contributed by atoms with Crippen molar-refractivity contribution in [2.75, 3.05) is 5.01 Å². The average molecular weight is 450 g/mol. The number of halogens is 5. The van der Waals surface area contributed by atoms with Crippen LogP contribution < -0.4 is 5.01 Å². The van der Waals surface area contributed by atoms with Gasteiger partial charge >= 0.3 is 0 Å². The monoisotopic (exact) mass is 447 g/mol. The summed E-state index contributed by atoms with van der Waals surface area (Å²) in [5.41, 5.74) is 1.28. The minimum atomic E-state index is -0.673. The van der Waals surface area contributed by atoms with Gasteiger partial charge in [0.15, 0.2) is 0 Å². The highest BCUT2D eigenvalue weighted by atomic mass is 35.5. The summed E-state index contributed by atoms with van der Waals surface area (Å²) in [4.78, 5) is 17.1. The van der Waals surface area contributed by atoms with Crippen LogP contribution in [0.5, 0.6) is 0 Å². The molecular formula is C17H10Cl5N3O. The molecule has 1 aliphatic rings. The summed E-state index contributed by atoms with van der Waals surface area (Å²) < 4.78 is 0. The third-order valence-corrected chi connectivity index (χ3v) is 5.27. The van der Waals surface area contributed by atoms with Crippen molar-refractivity contribution in [3.63, 3.8) is 0 Å². The number of aliphatic imine (C=N–C) groups is 1. The van der Waals surface area contributed by atoms with E-state index in [-0.39, 0.29) is 21.6 Å². The van der Waals surface area contributed by atoms with Gasteiger partial charge in [-0.2, -0.15) is 10.1 Å². The number of hydrogen-bond donors (Lipinski definition) is 0. The van der Waals surface area contributed by atoms with Crippen LogP contribution in [-0.4, -0.2) is 17.8 Å². The van der Waals surface area contributed by atoms with E-state index in [9.17, 15) is 4.79 Å². The summed E-state index contributed by atoms with van der Waals surface area (Å²) in [6.07, 6.45) is 1.47. The number of rotatable bonds is 3. The Morgan fingerprint density at radius 1 is 1.08 bits per heavy atom. The normalized spacial score (nSPS) is 17.3. The Morgan fingerprint density at radius 3 is 2.38 bits per heavy atom. The highest BCUT2D eigenvalue weighted by molar-refractivity contribution is 6.44. The van der Waals surface area contributed by atoms with Crippen LogP contribution in [0.4, 0.5) is 11.4 Å². The molecule has 1 unspecified atom stereocenters. The van der Waals surface area contributed by atoms with E-state index in [4.69, 9.17) is 58.0 Å². The van der Waals surface area contributed by atoms with Gasteiger partial charge in [-0.1, -0.05) is 64.1 Å². The van der Waals surface area contributed by atoms with Crippen molar-refractivity contribution in [3.05, 3.63) is 55.4 Å². The minimum absolute atomic E-state index is 0.225. The number of nitrogens with zero attached hydrogens (tertiary/aromatic N) is 3. The van der Waals surface area contributed by atoms with Gasteiger partial charge in [-0.05, 0) is 31.2 Å². The van der Waals surface area contributed by atoms with Crippen LogP contribution in [0.2, 0.25) is 25.1 Å². The Bertz CT molecular complexity index is 934. The average Bonchev–Trinajstić information content (AvgIpc) is 2.83. The number of hydrogen-bond acceptors (Lipinski definition) is 3. The number of hydrazone groups is 1. The molecule has 0 spiro atoms. The zero-order valence-corrected chi connectivity index (χ0v) is 17.0. The maximum Gasteiger partial charge on any atom is 0.261 e. The highest BCUT2D eigenvalue weighted by Crippen LogP contribution is 2.39. The molecular weight excluding hydrogens is 439 g/mol. The minimum Gasteiger partial charge on any atom is -0.271 e. The van der Waals surface area contributed by atoms with Crippen molar-refractivity contribution in [3.8, 4) is 0 Å². The second kappa shape index (κ2) is 7.75. The van der Waals surface area contributed by atoms with E-state index in [0.29, 0.717) is 26.5 Å². The van der Waals surface area contributed by atoms with Crippen LogP contribution in [-0.2, 0) is 4.79 Å². The summed E-state index contributed by atoms with van der Waals surface area (Å²) in [7, 11) is 0. The fraction of sp³-hybridized carbons (Fsp3) is 0.118. The number of benzene rings is 2. The topological polar surface area (TPSA) is 45.0 Å². The number of carbonyl (C=O) groups excluding carboxylic acids is 1. The third kappa shape index (κ3) is 3.71. The van der Waals surface area contributed by atoms with Crippen molar-refractivity contribution in [1.29, 1.82) is 0 Å². The Kier molecular flexibility index (Phi) is 5.80. The van der Waals surface area contributed by atoms with Crippen molar-refractivity contribution in [1.82, 2.24) is 0 Å². The molecule has 3 rings (SSSR count). The van der Waals surface area contributed by atoms with Gasteiger partial charge < -0.3 is 0 Å². The molecule has 2 aromatic carbocycles. The first-order valence-corrected chi connectivity index (χ1v) is 9.20. The molecule has 134 valence electrons. The molecule has 2 aromatic rings. The molecule has 0 radical (unpaired) electrons. The SMILES string of the molecule is CC1=NN(c2c(Cl)cc(Cl)cc2Cl)C(=O)C1C=Nc1cccc(Cl)c1Cl. The van der Waals surface area contributed by atoms with E-state index in [1.165, 1.54) is 18.3 Å². The van der Waals surface area contributed by atoms with Crippen LogP contribution in [0.15, 0.2) is 40.4 Å². The van der Waals surface area contributed by atoms with Gasteiger partial charge in [-0.15, -0.1) is 0 Å². The molecule has 9 heteroatoms. The van der Waals surface area contributed by atoms with Gasteiger partial charge in [-0.3, -0.25) is 9.79 Å². The highest BCUT2D eigenvalue weighted by Gasteiger charge is 2.35. The molecule has 0 aliphatic carbocycles. The third-order valence-electron chi connectivity index (χ3n) is 3.67. The van der Waals surface area contributed by atoms with E-state index in [0.717, 1.165) is 5.01 Å². The molecule has 26 heavy (non-hydrogen) atoms. The Labute approximate surface area is 175 Å². The molecule has 4 nitrogen and oxygen atoms in total. The summed E-state index contributed by atoms with van der Waals surface area (Å²) in [6, 6.07) is 8.06. The quantitative estimate of drug-likeness (QED) is 0.481. The van der Waals surface area contributed by atoms with Gasteiger partial charge in [0, 0.05) is 11.2 Å². The zero-order valence-electron chi connectivity index (χ0n) is 13.2. The Hall–Kier alpha value is -1.30. The van der Waals surface area contributed by atoms with E-state index in [2.05, 4.69) is 10.1 Å². The van der Waals surface area contributed by atoms with Crippen molar-refractivity contribution < 1.29 is 4.79 Å². The fourth-order valence-corrected chi connectivity index (χ4v) is 3.72. The van der Waals surface area contributed by atoms with Gasteiger partial charge in [0.1, 0.15) is 11.6 Å². The maximum atomic E-state index is 12.8. The molecule has 0 saturated carbocycles. The van der Waals surface area contributed by atoms with Crippen molar-refractivity contribution in [2.24, 2.45) is 16.0 Å². The Balaban J connectivity index is 1.92. The molecule has 0 bridgehead atoms. The lowest BCUT2D eigenvalue weighted by Gasteiger charge is -2.16. The molecule has 0 fully saturated rings. The number of amides is 1. The predicted octanol–water partition coefficient (Wildman–Crippen LogP) is 6.69. The summed E-state index contributed by atoms with van der Waals surface area (Å²) in [5.74, 6) is -1.01. The van der Waals surface area contributed by atoms with Crippen molar-refractivity contribution >= 4 is 87.2 Å². The van der Waals surface area contributed by atoms with Gasteiger partial charge in [0.05, 0.1) is 31.5 Å². The largest absolute Gasteiger partial charge is 0.271 e. The van der Waals surface area contributed by atoms with Crippen LogP contribution >= 0.6 is 58.0 Å². The summed E-state index contributed by atoms with van der Waals surface area (Å²) in [6.45, 7) is 1.71. The molecule has 0 aromatic heterocycles. The lowest BCUT2D eigenvalue weighted by Crippen LogP contribution is -2.28. The van der Waals surface area contributed by atoms with Crippen LogP contribution in [0, 0.1) is 5.92 Å². The van der Waals surface area contributed by atoms with Gasteiger partial charge in [0.2, 0.25) is 0 Å². The van der Waals surface area contributed by atoms with Crippen LogP contribution in [0.3, 0.4) is 0 Å². The first-order valence-electron chi connectivity index (χ1n) is 7.31.